The molecule has 24 heavy (non-hydrogen) atoms. The van der Waals surface area contributed by atoms with Crippen LogP contribution in [0.2, 0.25) is 5.02 Å². The highest BCUT2D eigenvalue weighted by Crippen LogP contribution is 2.27. The highest BCUT2D eigenvalue weighted by Gasteiger charge is 2.11. The van der Waals surface area contributed by atoms with Crippen LogP contribution in [-0.2, 0) is 0 Å². The fourth-order valence-corrected chi connectivity index (χ4v) is 3.42. The highest BCUT2D eigenvalue weighted by atomic mass is 35.5. The van der Waals surface area contributed by atoms with Crippen molar-refractivity contribution in [1.29, 1.82) is 0 Å². The molecule has 1 aromatic carbocycles. The van der Waals surface area contributed by atoms with E-state index in [0.717, 1.165) is 11.1 Å². The summed E-state index contributed by atoms with van der Waals surface area (Å²) in [5, 5.41) is 4.34. The number of fused-ring (bicyclic) bond motifs is 1. The Kier molecular flexibility index (Phi) is 4.87. The number of benzene rings is 1. The molecule has 0 atom stereocenters. The molecule has 0 saturated heterocycles. The summed E-state index contributed by atoms with van der Waals surface area (Å²) >= 11 is 7.32. The van der Waals surface area contributed by atoms with Crippen LogP contribution < -0.4 is 10.9 Å². The third-order valence-corrected chi connectivity index (χ3v) is 4.65. The normalized spacial score (nSPS) is 10.8. The Balaban J connectivity index is 2.04. The molecule has 1 amide bonds. The molecule has 0 aliphatic rings. The number of aromatic nitrogens is 2. The van der Waals surface area contributed by atoms with Gasteiger partial charge >= 0.3 is 0 Å². The lowest BCUT2D eigenvalue weighted by atomic mass is 10.2. The fourth-order valence-electron chi connectivity index (χ4n) is 2.18. The van der Waals surface area contributed by atoms with E-state index in [4.69, 9.17) is 11.6 Å². The van der Waals surface area contributed by atoms with Gasteiger partial charge in [0.05, 0.1) is 11.1 Å². The second-order valence-corrected chi connectivity index (χ2v) is 6.62. The Morgan fingerprint density at radius 2 is 2.12 bits per heavy atom. The number of hydrogen-bond donors (Lipinski definition) is 1. The zero-order valence-corrected chi connectivity index (χ0v) is 14.4. The molecule has 3 aromatic rings. The molecular weight excluding hydrogens is 346 g/mol. The molecule has 0 bridgehead atoms. The average Bonchev–Trinajstić information content (AvgIpc) is 2.59. The van der Waals surface area contributed by atoms with E-state index in [-0.39, 0.29) is 11.5 Å². The molecule has 5 nitrogen and oxygen atoms in total. The number of nitrogens with zero attached hydrogens (tertiary/aromatic N) is 2. The van der Waals surface area contributed by atoms with Crippen LogP contribution in [0.3, 0.4) is 0 Å². The number of pyridine rings is 1. The van der Waals surface area contributed by atoms with Crippen molar-refractivity contribution in [3.63, 3.8) is 0 Å². The van der Waals surface area contributed by atoms with Gasteiger partial charge in [-0.1, -0.05) is 18.5 Å². The van der Waals surface area contributed by atoms with Gasteiger partial charge in [-0.2, -0.15) is 4.98 Å². The van der Waals surface area contributed by atoms with Gasteiger partial charge in [0.1, 0.15) is 5.01 Å². The first-order valence-electron chi connectivity index (χ1n) is 7.43. The van der Waals surface area contributed by atoms with Crippen molar-refractivity contribution in [3.8, 4) is 10.7 Å². The van der Waals surface area contributed by atoms with E-state index in [9.17, 15) is 9.59 Å². The summed E-state index contributed by atoms with van der Waals surface area (Å²) in [5.41, 5.74) is 0.641. The zero-order chi connectivity index (χ0) is 17.1. The molecule has 2 heterocycles. The highest BCUT2D eigenvalue weighted by molar-refractivity contribution is 7.21. The summed E-state index contributed by atoms with van der Waals surface area (Å²) in [5.74, 6) is -0.170. The molecule has 0 saturated carbocycles. The van der Waals surface area contributed by atoms with Crippen LogP contribution in [0.25, 0.3) is 20.8 Å². The molecule has 7 heteroatoms. The maximum absolute atomic E-state index is 12.2. The lowest BCUT2D eigenvalue weighted by Gasteiger charge is -2.05. The van der Waals surface area contributed by atoms with Gasteiger partial charge < -0.3 is 5.32 Å². The second-order valence-electron chi connectivity index (χ2n) is 5.15. The van der Waals surface area contributed by atoms with Crippen LogP contribution >= 0.6 is 22.9 Å². The lowest BCUT2D eigenvalue weighted by molar-refractivity contribution is 0.0953. The first kappa shape index (κ1) is 16.5. The van der Waals surface area contributed by atoms with Crippen molar-refractivity contribution in [2.24, 2.45) is 0 Å². The predicted molar refractivity (Wildman–Crippen MR) is 96.8 cm³/mol. The summed E-state index contributed by atoms with van der Waals surface area (Å²) in [6, 6.07) is 8.33. The van der Waals surface area contributed by atoms with Crippen LogP contribution in [-0.4, -0.2) is 22.4 Å². The third-order valence-electron chi connectivity index (χ3n) is 3.36. The number of halogens is 1. The summed E-state index contributed by atoms with van der Waals surface area (Å²) in [6.45, 7) is 2.59. The average molecular weight is 360 g/mol. The minimum absolute atomic E-state index is 0.170. The number of nitrogens with one attached hydrogen (secondary N) is 1. The van der Waals surface area contributed by atoms with Gasteiger partial charge in [0.25, 0.3) is 11.5 Å². The van der Waals surface area contributed by atoms with Crippen LogP contribution in [0, 0.1) is 0 Å². The van der Waals surface area contributed by atoms with E-state index in [2.05, 4.69) is 15.3 Å². The topological polar surface area (TPSA) is 72.0 Å². The maximum Gasteiger partial charge on any atom is 0.279 e. The van der Waals surface area contributed by atoms with E-state index in [0.29, 0.717) is 33.2 Å². The van der Waals surface area contributed by atoms with Crippen molar-refractivity contribution in [2.45, 2.75) is 13.3 Å². The van der Waals surface area contributed by atoms with E-state index in [1.807, 2.05) is 6.92 Å². The van der Waals surface area contributed by atoms with Crippen molar-refractivity contribution in [3.05, 3.63) is 57.5 Å². The number of rotatable bonds is 4. The number of hydrogen-bond acceptors (Lipinski definition) is 5. The van der Waals surface area contributed by atoms with Gasteiger partial charge in [0.15, 0.2) is 0 Å². The Morgan fingerprint density at radius 1 is 1.29 bits per heavy atom. The SMILES string of the molecule is CCCNC(=O)c1ccnc(-c2nc(=O)c3ccc(Cl)cc3s2)c1. The maximum atomic E-state index is 12.2. The van der Waals surface area contributed by atoms with Crippen LogP contribution in [0.4, 0.5) is 0 Å². The van der Waals surface area contributed by atoms with Gasteiger partial charge in [-0.15, -0.1) is 11.3 Å². The van der Waals surface area contributed by atoms with E-state index >= 15 is 0 Å². The molecule has 1 N–H and O–H groups in total. The standard InChI is InChI=1S/C17H14ClN3O2S/c1-2-6-20-15(22)10-5-7-19-13(8-10)17-21-16(23)12-4-3-11(18)9-14(12)24-17/h3-5,7-9H,2,6H2,1H3,(H,20,22). The number of carbonyl (C=O) groups excluding carboxylic acids is 1. The Bertz CT molecular complexity index is 971. The van der Waals surface area contributed by atoms with Gasteiger partial charge in [-0.05, 0) is 36.8 Å². The monoisotopic (exact) mass is 359 g/mol. The molecule has 2 aromatic heterocycles. The minimum Gasteiger partial charge on any atom is -0.352 e. The number of carbonyl (C=O) groups is 1. The summed E-state index contributed by atoms with van der Waals surface area (Å²) in [7, 11) is 0. The first-order valence-corrected chi connectivity index (χ1v) is 8.63. The summed E-state index contributed by atoms with van der Waals surface area (Å²) in [6.07, 6.45) is 2.40. The zero-order valence-electron chi connectivity index (χ0n) is 12.9. The Labute approximate surface area is 147 Å². The molecule has 0 spiro atoms. The molecule has 0 radical (unpaired) electrons. The van der Waals surface area contributed by atoms with E-state index < -0.39 is 0 Å². The predicted octanol–water partition coefficient (Wildman–Crippen LogP) is 3.51. The van der Waals surface area contributed by atoms with Gasteiger partial charge in [0, 0.05) is 28.0 Å². The molecule has 0 aliphatic carbocycles. The van der Waals surface area contributed by atoms with Crippen molar-refractivity contribution >= 4 is 38.9 Å². The van der Waals surface area contributed by atoms with Gasteiger partial charge in [0.2, 0.25) is 0 Å². The Morgan fingerprint density at radius 3 is 2.92 bits per heavy atom. The van der Waals surface area contributed by atoms with Gasteiger partial charge in [-0.25, -0.2) is 0 Å². The molecule has 0 fully saturated rings. The third kappa shape index (κ3) is 3.44. The van der Waals surface area contributed by atoms with Crippen molar-refractivity contribution in [2.75, 3.05) is 6.54 Å². The smallest absolute Gasteiger partial charge is 0.279 e. The van der Waals surface area contributed by atoms with E-state index in [1.54, 1.807) is 30.3 Å². The van der Waals surface area contributed by atoms with Crippen LogP contribution in [0.5, 0.6) is 0 Å². The van der Waals surface area contributed by atoms with Crippen molar-refractivity contribution in [1.82, 2.24) is 15.3 Å². The van der Waals surface area contributed by atoms with E-state index in [1.165, 1.54) is 17.5 Å². The van der Waals surface area contributed by atoms with Crippen LogP contribution in [0.1, 0.15) is 23.7 Å². The molecular formula is C17H14ClN3O2S. The Hall–Kier alpha value is -2.31. The second kappa shape index (κ2) is 7.07. The summed E-state index contributed by atoms with van der Waals surface area (Å²) < 4.78 is 0.736. The van der Waals surface area contributed by atoms with Crippen LogP contribution in [0.15, 0.2) is 41.3 Å². The molecule has 122 valence electrons. The molecule has 0 unspecified atom stereocenters. The lowest BCUT2D eigenvalue weighted by Crippen LogP contribution is -2.24. The summed E-state index contributed by atoms with van der Waals surface area (Å²) in [4.78, 5) is 32.6. The first-order chi connectivity index (χ1) is 11.6. The molecule has 3 rings (SSSR count). The largest absolute Gasteiger partial charge is 0.352 e. The molecule has 0 aliphatic heterocycles. The minimum atomic E-state index is -0.335. The number of amides is 1. The van der Waals surface area contributed by atoms with Crippen molar-refractivity contribution < 1.29 is 4.79 Å². The quantitative estimate of drug-likeness (QED) is 0.773. The van der Waals surface area contributed by atoms with Gasteiger partial charge in [-0.3, -0.25) is 14.6 Å². The fraction of sp³-hybridized carbons (Fsp3) is 0.176.